The van der Waals surface area contributed by atoms with E-state index in [9.17, 15) is 10.1 Å². The first-order valence-electron chi connectivity index (χ1n) is 7.39. The molecule has 0 aliphatic heterocycles. The van der Waals surface area contributed by atoms with E-state index < -0.39 is 4.92 Å². The third-order valence-corrected chi connectivity index (χ3v) is 4.57. The molecule has 0 amide bonds. The van der Waals surface area contributed by atoms with Gasteiger partial charge in [0, 0.05) is 23.4 Å². The lowest BCUT2D eigenvalue weighted by Crippen LogP contribution is -1.95. The Balaban J connectivity index is 1.72. The lowest BCUT2D eigenvalue weighted by Gasteiger charge is -2.04. The molecule has 0 bridgehead atoms. The van der Waals surface area contributed by atoms with E-state index in [0.717, 1.165) is 21.1 Å². The molecule has 2 aromatic carbocycles. The number of nitrogens with zero attached hydrogens (tertiary/aromatic N) is 4. The highest BCUT2D eigenvalue weighted by atomic mass is 32.1. The maximum absolute atomic E-state index is 10.8. The average Bonchev–Trinajstić information content (AvgIpc) is 3.08. The van der Waals surface area contributed by atoms with Gasteiger partial charge in [0.2, 0.25) is 0 Å². The lowest BCUT2D eigenvalue weighted by atomic mass is 10.2. The second-order valence-electron chi connectivity index (χ2n) is 5.19. The van der Waals surface area contributed by atoms with Crippen molar-refractivity contribution < 1.29 is 4.92 Å². The van der Waals surface area contributed by atoms with Gasteiger partial charge in [-0.2, -0.15) is 0 Å². The molecule has 25 heavy (non-hydrogen) atoms. The Kier molecular flexibility index (Phi) is 3.79. The Morgan fingerprint density at radius 1 is 1.00 bits per heavy atom. The zero-order chi connectivity index (χ0) is 17.2. The quantitative estimate of drug-likeness (QED) is 0.433. The SMILES string of the molecule is O=[N+]([O-])c1ccc(-c2nc3c(Nc4ccccc4)ncnc3s2)cc1. The molecule has 8 heteroatoms. The Morgan fingerprint density at radius 3 is 2.48 bits per heavy atom. The molecule has 0 aliphatic carbocycles. The number of thiazole rings is 1. The summed E-state index contributed by atoms with van der Waals surface area (Å²) in [5.41, 5.74) is 2.44. The van der Waals surface area contributed by atoms with E-state index in [4.69, 9.17) is 0 Å². The van der Waals surface area contributed by atoms with Crippen LogP contribution in [0, 0.1) is 10.1 Å². The van der Waals surface area contributed by atoms with E-state index in [-0.39, 0.29) is 5.69 Å². The van der Waals surface area contributed by atoms with Crippen molar-refractivity contribution in [3.8, 4) is 10.6 Å². The third-order valence-electron chi connectivity index (χ3n) is 3.56. The van der Waals surface area contributed by atoms with E-state index in [0.29, 0.717) is 11.3 Å². The number of para-hydroxylation sites is 1. The number of nitro groups is 1. The maximum atomic E-state index is 10.8. The van der Waals surface area contributed by atoms with Crippen LogP contribution in [0.3, 0.4) is 0 Å². The van der Waals surface area contributed by atoms with Gasteiger partial charge in [0.1, 0.15) is 21.7 Å². The van der Waals surface area contributed by atoms with Gasteiger partial charge in [-0.25, -0.2) is 15.0 Å². The first kappa shape index (κ1) is 15.2. The van der Waals surface area contributed by atoms with E-state index in [1.807, 2.05) is 30.3 Å². The molecule has 2 aromatic heterocycles. The first-order chi connectivity index (χ1) is 12.2. The number of nitro benzene ring substituents is 1. The standard InChI is InChI=1S/C17H11N5O2S/c23-22(24)13-8-6-11(7-9-13)16-21-14-15(18-10-19-17(14)25-16)20-12-4-2-1-3-5-12/h1-10H,(H,18,19,20). The molecule has 0 radical (unpaired) electrons. The van der Waals surface area contributed by atoms with Crippen molar-refractivity contribution in [1.82, 2.24) is 15.0 Å². The van der Waals surface area contributed by atoms with Crippen molar-refractivity contribution in [2.75, 3.05) is 5.32 Å². The van der Waals surface area contributed by atoms with E-state index in [2.05, 4.69) is 20.3 Å². The summed E-state index contributed by atoms with van der Waals surface area (Å²) >= 11 is 1.42. The number of benzene rings is 2. The molecule has 0 unspecified atom stereocenters. The van der Waals surface area contributed by atoms with Crippen molar-refractivity contribution in [3.63, 3.8) is 0 Å². The number of fused-ring (bicyclic) bond motifs is 1. The second kappa shape index (κ2) is 6.25. The van der Waals surface area contributed by atoms with Crippen LogP contribution in [0.2, 0.25) is 0 Å². The molecule has 0 saturated carbocycles. The van der Waals surface area contributed by atoms with Gasteiger partial charge in [0.25, 0.3) is 5.69 Å². The number of anilines is 2. The Morgan fingerprint density at radius 2 is 1.76 bits per heavy atom. The minimum absolute atomic E-state index is 0.0519. The van der Waals surface area contributed by atoms with Gasteiger partial charge < -0.3 is 5.32 Å². The van der Waals surface area contributed by atoms with Crippen molar-refractivity contribution in [2.24, 2.45) is 0 Å². The van der Waals surface area contributed by atoms with Crippen LogP contribution in [0.25, 0.3) is 20.9 Å². The molecule has 0 aliphatic rings. The fourth-order valence-electron chi connectivity index (χ4n) is 2.35. The van der Waals surface area contributed by atoms with Gasteiger partial charge in [0.15, 0.2) is 5.82 Å². The van der Waals surface area contributed by atoms with Gasteiger partial charge in [-0.1, -0.05) is 29.5 Å². The van der Waals surface area contributed by atoms with E-state index in [1.54, 1.807) is 12.1 Å². The molecule has 1 N–H and O–H groups in total. The largest absolute Gasteiger partial charge is 0.338 e. The molecular formula is C17H11N5O2S. The molecule has 2 heterocycles. The molecule has 0 atom stereocenters. The van der Waals surface area contributed by atoms with E-state index in [1.165, 1.54) is 29.8 Å². The fraction of sp³-hybridized carbons (Fsp3) is 0. The van der Waals surface area contributed by atoms with Crippen LogP contribution >= 0.6 is 11.3 Å². The predicted octanol–water partition coefficient (Wildman–Crippen LogP) is 4.41. The number of non-ortho nitro benzene ring substituents is 1. The Hall–Kier alpha value is -3.39. The highest BCUT2D eigenvalue weighted by Gasteiger charge is 2.13. The van der Waals surface area contributed by atoms with Gasteiger partial charge >= 0.3 is 0 Å². The zero-order valence-electron chi connectivity index (χ0n) is 12.8. The highest BCUT2D eigenvalue weighted by Crippen LogP contribution is 2.33. The number of hydrogen-bond acceptors (Lipinski definition) is 7. The Labute approximate surface area is 146 Å². The number of aromatic nitrogens is 3. The van der Waals surface area contributed by atoms with Crippen molar-refractivity contribution in [2.45, 2.75) is 0 Å². The fourth-order valence-corrected chi connectivity index (χ4v) is 3.27. The van der Waals surface area contributed by atoms with Crippen LogP contribution in [0.4, 0.5) is 17.2 Å². The van der Waals surface area contributed by atoms with Gasteiger partial charge in [0.05, 0.1) is 4.92 Å². The minimum atomic E-state index is -0.421. The average molecular weight is 349 g/mol. The number of hydrogen-bond donors (Lipinski definition) is 1. The smallest absolute Gasteiger partial charge is 0.269 e. The molecule has 122 valence electrons. The van der Waals surface area contributed by atoms with Crippen LogP contribution in [0.15, 0.2) is 60.9 Å². The minimum Gasteiger partial charge on any atom is -0.338 e. The summed E-state index contributed by atoms with van der Waals surface area (Å²) in [5.74, 6) is 0.626. The molecule has 0 saturated heterocycles. The second-order valence-corrected chi connectivity index (χ2v) is 6.17. The van der Waals surface area contributed by atoms with Crippen molar-refractivity contribution >= 4 is 38.9 Å². The number of nitrogens with one attached hydrogen (secondary N) is 1. The molecule has 7 nitrogen and oxygen atoms in total. The van der Waals surface area contributed by atoms with Gasteiger partial charge in [-0.15, -0.1) is 0 Å². The van der Waals surface area contributed by atoms with Crippen LogP contribution in [-0.4, -0.2) is 19.9 Å². The van der Waals surface area contributed by atoms with Gasteiger partial charge in [-0.05, 0) is 24.3 Å². The lowest BCUT2D eigenvalue weighted by molar-refractivity contribution is -0.384. The molecule has 0 fully saturated rings. The summed E-state index contributed by atoms with van der Waals surface area (Å²) in [6, 6.07) is 16.0. The molecule has 0 spiro atoms. The molecule has 4 aromatic rings. The third kappa shape index (κ3) is 3.02. The summed E-state index contributed by atoms with van der Waals surface area (Å²) in [5, 5.41) is 14.8. The molecular weight excluding hydrogens is 338 g/mol. The van der Waals surface area contributed by atoms with Crippen LogP contribution in [-0.2, 0) is 0 Å². The highest BCUT2D eigenvalue weighted by molar-refractivity contribution is 7.21. The van der Waals surface area contributed by atoms with Crippen LogP contribution < -0.4 is 5.32 Å². The summed E-state index contributed by atoms with van der Waals surface area (Å²) in [7, 11) is 0. The maximum Gasteiger partial charge on any atom is 0.269 e. The van der Waals surface area contributed by atoms with Crippen molar-refractivity contribution in [1.29, 1.82) is 0 Å². The van der Waals surface area contributed by atoms with E-state index >= 15 is 0 Å². The normalized spacial score (nSPS) is 10.7. The zero-order valence-corrected chi connectivity index (χ0v) is 13.6. The first-order valence-corrected chi connectivity index (χ1v) is 8.21. The summed E-state index contributed by atoms with van der Waals surface area (Å²) in [4.78, 5) is 24.3. The topological polar surface area (TPSA) is 93.8 Å². The van der Waals surface area contributed by atoms with Crippen LogP contribution in [0.5, 0.6) is 0 Å². The Bertz CT molecular complexity index is 1050. The van der Waals surface area contributed by atoms with Crippen molar-refractivity contribution in [3.05, 3.63) is 71.0 Å². The predicted molar refractivity (Wildman–Crippen MR) is 97.0 cm³/mol. The number of rotatable bonds is 4. The summed E-state index contributed by atoms with van der Waals surface area (Å²) in [6.45, 7) is 0. The summed E-state index contributed by atoms with van der Waals surface area (Å²) in [6.07, 6.45) is 1.49. The van der Waals surface area contributed by atoms with Gasteiger partial charge in [-0.3, -0.25) is 10.1 Å². The molecule has 4 rings (SSSR count). The van der Waals surface area contributed by atoms with Crippen LogP contribution in [0.1, 0.15) is 0 Å². The monoisotopic (exact) mass is 349 g/mol. The summed E-state index contributed by atoms with van der Waals surface area (Å²) < 4.78 is 0.